The van der Waals surface area contributed by atoms with Crippen LogP contribution in [-0.2, 0) is 13.6 Å². The second-order valence-electron chi connectivity index (χ2n) is 8.45. The first kappa shape index (κ1) is 19.9. The fraction of sp³-hybridized carbons (Fsp3) is 0.478. The second-order valence-corrected chi connectivity index (χ2v) is 8.45. The number of hydrogen-bond donors (Lipinski definition) is 0. The van der Waals surface area contributed by atoms with Gasteiger partial charge in [-0.05, 0) is 49.9 Å². The highest BCUT2D eigenvalue weighted by Gasteiger charge is 2.21. The smallest absolute Gasteiger partial charge is 0.266 e. The number of aryl methyl sites for hydroxylation is 1. The summed E-state index contributed by atoms with van der Waals surface area (Å²) in [6.45, 7) is 4.51. The Hall–Kier alpha value is -3.00. The van der Waals surface area contributed by atoms with E-state index in [4.69, 9.17) is 4.74 Å². The van der Waals surface area contributed by atoms with Crippen LogP contribution in [0.25, 0.3) is 10.9 Å². The molecule has 162 valence electrons. The Morgan fingerprint density at radius 3 is 2.61 bits per heavy atom. The van der Waals surface area contributed by atoms with Gasteiger partial charge in [0.25, 0.3) is 5.56 Å². The van der Waals surface area contributed by atoms with Crippen LogP contribution in [0.1, 0.15) is 31.4 Å². The Kier molecular flexibility index (Phi) is 5.55. The van der Waals surface area contributed by atoms with Gasteiger partial charge in [-0.15, -0.1) is 0 Å². The van der Waals surface area contributed by atoms with Crippen LogP contribution >= 0.6 is 0 Å². The molecule has 0 unspecified atom stereocenters. The zero-order valence-electron chi connectivity index (χ0n) is 17.9. The second kappa shape index (κ2) is 8.63. The van der Waals surface area contributed by atoms with Crippen LogP contribution in [0.4, 0.5) is 5.69 Å². The van der Waals surface area contributed by atoms with E-state index in [0.29, 0.717) is 5.88 Å². The molecular weight excluding hydrogens is 392 g/mol. The maximum atomic E-state index is 11.5. The molecule has 0 spiro atoms. The number of piperazine rings is 1. The predicted molar refractivity (Wildman–Crippen MR) is 119 cm³/mol. The van der Waals surface area contributed by atoms with Gasteiger partial charge in [0, 0.05) is 51.5 Å². The zero-order valence-corrected chi connectivity index (χ0v) is 17.9. The van der Waals surface area contributed by atoms with E-state index in [2.05, 4.69) is 43.1 Å². The highest BCUT2D eigenvalue weighted by Crippen LogP contribution is 2.30. The molecule has 1 aromatic carbocycles. The lowest BCUT2D eigenvalue weighted by Gasteiger charge is -2.36. The van der Waals surface area contributed by atoms with Crippen molar-refractivity contribution >= 4 is 16.6 Å². The first-order valence-electron chi connectivity index (χ1n) is 11.1. The fourth-order valence-corrected chi connectivity index (χ4v) is 4.50. The van der Waals surface area contributed by atoms with Crippen molar-refractivity contribution in [3.8, 4) is 5.88 Å². The Bertz CT molecular complexity index is 1120. The summed E-state index contributed by atoms with van der Waals surface area (Å²) < 4.78 is 7.62. The zero-order chi connectivity index (χ0) is 21.2. The molecule has 2 aliphatic rings. The van der Waals surface area contributed by atoms with Crippen molar-refractivity contribution < 1.29 is 4.74 Å². The van der Waals surface area contributed by atoms with Gasteiger partial charge in [0.2, 0.25) is 5.88 Å². The molecule has 8 heteroatoms. The minimum absolute atomic E-state index is 0.0786. The lowest BCUT2D eigenvalue weighted by Crippen LogP contribution is -2.46. The normalized spacial score (nSPS) is 18.0. The molecule has 0 radical (unpaired) electrons. The maximum Gasteiger partial charge on any atom is 0.266 e. The number of anilines is 1. The van der Waals surface area contributed by atoms with Crippen LogP contribution in [0.3, 0.4) is 0 Å². The van der Waals surface area contributed by atoms with Crippen molar-refractivity contribution in [3.63, 3.8) is 0 Å². The Balaban J connectivity index is 1.27. The van der Waals surface area contributed by atoms with Crippen molar-refractivity contribution in [1.82, 2.24) is 24.6 Å². The van der Waals surface area contributed by atoms with E-state index in [1.165, 1.54) is 23.2 Å². The van der Waals surface area contributed by atoms with Gasteiger partial charge < -0.3 is 9.64 Å². The minimum Gasteiger partial charge on any atom is -0.474 e. The lowest BCUT2D eigenvalue weighted by atomic mass is 10.1. The van der Waals surface area contributed by atoms with Gasteiger partial charge in [0.15, 0.2) is 0 Å². The van der Waals surface area contributed by atoms with E-state index < -0.39 is 0 Å². The van der Waals surface area contributed by atoms with Crippen molar-refractivity contribution in [1.29, 1.82) is 0 Å². The molecule has 0 bridgehead atoms. The molecule has 1 saturated carbocycles. The number of hydrogen-bond acceptors (Lipinski definition) is 7. The van der Waals surface area contributed by atoms with E-state index in [0.717, 1.165) is 62.2 Å². The topological polar surface area (TPSA) is 76.4 Å². The van der Waals surface area contributed by atoms with E-state index >= 15 is 0 Å². The van der Waals surface area contributed by atoms with E-state index in [-0.39, 0.29) is 11.7 Å². The van der Waals surface area contributed by atoms with Crippen LogP contribution in [-0.4, -0.2) is 56.9 Å². The molecule has 1 aliphatic carbocycles. The predicted octanol–water partition coefficient (Wildman–Crippen LogP) is 2.37. The molecule has 0 atom stereocenters. The Morgan fingerprint density at radius 2 is 1.84 bits per heavy atom. The molecular formula is C23H28N6O2. The Morgan fingerprint density at radius 1 is 1.03 bits per heavy atom. The summed E-state index contributed by atoms with van der Waals surface area (Å²) in [5, 5.41) is 5.34. The summed E-state index contributed by atoms with van der Waals surface area (Å²) in [5.41, 5.74) is 2.95. The summed E-state index contributed by atoms with van der Waals surface area (Å²) in [7, 11) is 1.69. The monoisotopic (exact) mass is 420 g/mol. The molecule has 2 fully saturated rings. The molecule has 5 rings (SSSR count). The molecule has 1 saturated heterocycles. The third kappa shape index (κ3) is 4.39. The molecule has 0 N–H and O–H groups in total. The summed E-state index contributed by atoms with van der Waals surface area (Å²) in [5.74, 6) is 0.707. The fourth-order valence-electron chi connectivity index (χ4n) is 4.50. The van der Waals surface area contributed by atoms with Gasteiger partial charge in [-0.3, -0.25) is 9.69 Å². The maximum absolute atomic E-state index is 11.5. The standard InChI is InChI=1S/C23H28N6O2/c1-27-22(30)9-6-17(26-27)15-28-10-12-29(13-11-28)18-7-8-21-20(14-18)23(25-16-24-21)31-19-4-2-3-5-19/h6-9,14,16,19H,2-5,10-13,15H2,1H3. The van der Waals surface area contributed by atoms with Gasteiger partial charge in [0.1, 0.15) is 12.4 Å². The molecule has 3 aromatic rings. The van der Waals surface area contributed by atoms with Crippen molar-refractivity contribution in [2.75, 3.05) is 31.1 Å². The van der Waals surface area contributed by atoms with E-state index in [1.54, 1.807) is 19.4 Å². The minimum atomic E-state index is -0.0786. The average molecular weight is 421 g/mol. The van der Waals surface area contributed by atoms with Crippen LogP contribution in [0.5, 0.6) is 5.88 Å². The largest absolute Gasteiger partial charge is 0.474 e. The molecule has 3 heterocycles. The van der Waals surface area contributed by atoms with E-state index in [9.17, 15) is 4.79 Å². The lowest BCUT2D eigenvalue weighted by molar-refractivity contribution is 0.204. The number of fused-ring (bicyclic) bond motifs is 1. The van der Waals surface area contributed by atoms with Crippen molar-refractivity contribution in [3.05, 3.63) is 52.7 Å². The van der Waals surface area contributed by atoms with Gasteiger partial charge in [-0.2, -0.15) is 5.10 Å². The molecule has 2 aromatic heterocycles. The number of benzene rings is 1. The average Bonchev–Trinajstić information content (AvgIpc) is 3.30. The number of nitrogens with zero attached hydrogens (tertiary/aromatic N) is 6. The van der Waals surface area contributed by atoms with Crippen LogP contribution in [0, 0.1) is 0 Å². The van der Waals surface area contributed by atoms with Gasteiger partial charge in [-0.25, -0.2) is 14.6 Å². The molecule has 0 amide bonds. The first-order chi connectivity index (χ1) is 15.2. The Labute approximate surface area is 181 Å². The third-order valence-electron chi connectivity index (χ3n) is 6.30. The highest BCUT2D eigenvalue weighted by atomic mass is 16.5. The summed E-state index contributed by atoms with van der Waals surface area (Å²) in [6, 6.07) is 9.78. The number of aromatic nitrogens is 4. The summed E-state index contributed by atoms with van der Waals surface area (Å²) in [6.07, 6.45) is 6.56. The van der Waals surface area contributed by atoms with Gasteiger partial charge in [0.05, 0.1) is 16.6 Å². The molecule has 1 aliphatic heterocycles. The van der Waals surface area contributed by atoms with Crippen LogP contribution in [0.2, 0.25) is 0 Å². The van der Waals surface area contributed by atoms with E-state index in [1.807, 2.05) is 6.07 Å². The van der Waals surface area contributed by atoms with Gasteiger partial charge >= 0.3 is 0 Å². The van der Waals surface area contributed by atoms with Crippen LogP contribution < -0.4 is 15.2 Å². The van der Waals surface area contributed by atoms with Gasteiger partial charge in [-0.1, -0.05) is 0 Å². The third-order valence-corrected chi connectivity index (χ3v) is 6.30. The molecule has 8 nitrogen and oxygen atoms in total. The highest BCUT2D eigenvalue weighted by molar-refractivity contribution is 5.86. The quantitative estimate of drug-likeness (QED) is 0.627. The summed E-state index contributed by atoms with van der Waals surface area (Å²) >= 11 is 0. The SMILES string of the molecule is Cn1nc(CN2CCN(c3ccc4ncnc(OC5CCCC5)c4c3)CC2)ccc1=O. The summed E-state index contributed by atoms with van der Waals surface area (Å²) in [4.78, 5) is 25.2. The van der Waals surface area contributed by atoms with Crippen molar-refractivity contribution in [2.45, 2.75) is 38.3 Å². The van der Waals surface area contributed by atoms with Crippen LogP contribution in [0.15, 0.2) is 41.5 Å². The number of rotatable bonds is 5. The molecule has 31 heavy (non-hydrogen) atoms. The first-order valence-corrected chi connectivity index (χ1v) is 11.1. The number of ether oxygens (including phenoxy) is 1. The van der Waals surface area contributed by atoms with Crippen molar-refractivity contribution in [2.24, 2.45) is 7.05 Å².